The Labute approximate surface area is 115 Å². The van der Waals surface area contributed by atoms with E-state index in [2.05, 4.69) is 32.0 Å². The van der Waals surface area contributed by atoms with Gasteiger partial charge in [0, 0.05) is 0 Å². The molecule has 2 aliphatic carbocycles. The molecule has 0 aromatic heterocycles. The molecule has 2 heteroatoms. The Morgan fingerprint density at radius 1 is 1.16 bits per heavy atom. The maximum atomic E-state index is 10.4. The van der Waals surface area contributed by atoms with E-state index in [0.29, 0.717) is 0 Å². The molecule has 2 unspecified atom stereocenters. The molecule has 0 amide bonds. The van der Waals surface area contributed by atoms with E-state index < -0.39 is 0 Å². The Bertz CT molecular complexity index is 464. The van der Waals surface area contributed by atoms with Crippen molar-refractivity contribution in [1.29, 1.82) is 0 Å². The fraction of sp³-hybridized carbons (Fsp3) is 0.647. The number of fused-ring (bicyclic) bond motifs is 1. The number of aliphatic hydroxyl groups excluding tert-OH is 1. The Hall–Kier alpha value is -1.02. The third-order valence-corrected chi connectivity index (χ3v) is 4.82. The quantitative estimate of drug-likeness (QED) is 0.882. The van der Waals surface area contributed by atoms with E-state index in [0.717, 1.165) is 25.0 Å². The van der Waals surface area contributed by atoms with Crippen LogP contribution in [0.4, 0.5) is 0 Å². The molecule has 0 heterocycles. The summed E-state index contributed by atoms with van der Waals surface area (Å²) in [4.78, 5) is 0. The van der Waals surface area contributed by atoms with E-state index in [-0.39, 0.29) is 17.6 Å². The normalized spacial score (nSPS) is 29.0. The Morgan fingerprint density at radius 2 is 1.95 bits per heavy atom. The molecule has 0 spiro atoms. The lowest BCUT2D eigenvalue weighted by atomic mass is 9.73. The van der Waals surface area contributed by atoms with Crippen LogP contribution in [0, 0.1) is 5.41 Å². The maximum Gasteiger partial charge on any atom is 0.125 e. The van der Waals surface area contributed by atoms with Crippen molar-refractivity contribution in [1.82, 2.24) is 0 Å². The summed E-state index contributed by atoms with van der Waals surface area (Å²) in [5, 5.41) is 10.4. The van der Waals surface area contributed by atoms with Crippen LogP contribution in [0.1, 0.15) is 50.7 Å². The summed E-state index contributed by atoms with van der Waals surface area (Å²) in [6.07, 6.45) is 6.40. The summed E-state index contributed by atoms with van der Waals surface area (Å²) in [6.45, 7) is 4.27. The summed E-state index contributed by atoms with van der Waals surface area (Å²) >= 11 is 0. The Kier molecular flexibility index (Phi) is 3.30. The molecule has 2 atom stereocenters. The van der Waals surface area contributed by atoms with Crippen molar-refractivity contribution in [3.8, 4) is 5.75 Å². The minimum absolute atomic E-state index is 0.0281. The van der Waals surface area contributed by atoms with Gasteiger partial charge in [-0.1, -0.05) is 19.9 Å². The molecule has 1 N–H and O–H groups in total. The second kappa shape index (κ2) is 4.82. The van der Waals surface area contributed by atoms with Crippen molar-refractivity contribution >= 4 is 0 Å². The van der Waals surface area contributed by atoms with Gasteiger partial charge >= 0.3 is 0 Å². The van der Waals surface area contributed by atoms with Gasteiger partial charge in [-0.25, -0.2) is 0 Å². The lowest BCUT2D eigenvalue weighted by Crippen LogP contribution is -2.46. The largest absolute Gasteiger partial charge is 0.488 e. The minimum Gasteiger partial charge on any atom is -0.488 e. The summed E-state index contributed by atoms with van der Waals surface area (Å²) in [7, 11) is 0. The number of aliphatic hydroxyl groups is 1. The smallest absolute Gasteiger partial charge is 0.125 e. The number of benzene rings is 1. The second-order valence-corrected chi connectivity index (χ2v) is 6.77. The molecular weight excluding hydrogens is 236 g/mol. The molecule has 104 valence electrons. The van der Waals surface area contributed by atoms with Gasteiger partial charge in [0.1, 0.15) is 11.9 Å². The van der Waals surface area contributed by atoms with Crippen LogP contribution in [0.5, 0.6) is 5.75 Å². The summed E-state index contributed by atoms with van der Waals surface area (Å²) in [5.74, 6) is 0.933. The van der Waals surface area contributed by atoms with E-state index in [1.165, 1.54) is 30.4 Å². The monoisotopic (exact) mass is 260 g/mol. The van der Waals surface area contributed by atoms with E-state index in [9.17, 15) is 5.11 Å². The summed E-state index contributed by atoms with van der Waals surface area (Å²) in [6, 6.07) is 6.44. The first-order valence-corrected chi connectivity index (χ1v) is 7.53. The molecule has 0 saturated heterocycles. The molecule has 3 rings (SSSR count). The zero-order valence-corrected chi connectivity index (χ0v) is 12.0. The molecule has 1 aromatic rings. The molecule has 2 nitrogen and oxygen atoms in total. The van der Waals surface area contributed by atoms with Crippen molar-refractivity contribution in [2.75, 3.05) is 0 Å². The van der Waals surface area contributed by atoms with Gasteiger partial charge in [-0.2, -0.15) is 0 Å². The van der Waals surface area contributed by atoms with Crippen LogP contribution >= 0.6 is 0 Å². The second-order valence-electron chi connectivity index (χ2n) is 6.77. The number of ether oxygens (including phenoxy) is 1. The van der Waals surface area contributed by atoms with E-state index >= 15 is 0 Å². The predicted octanol–water partition coefficient (Wildman–Crippen LogP) is 3.49. The highest BCUT2D eigenvalue weighted by Crippen LogP contribution is 2.37. The third-order valence-electron chi connectivity index (χ3n) is 4.82. The van der Waals surface area contributed by atoms with Gasteiger partial charge in [0.2, 0.25) is 0 Å². The van der Waals surface area contributed by atoms with E-state index in [1.807, 2.05) is 0 Å². The Morgan fingerprint density at radius 3 is 2.79 bits per heavy atom. The highest BCUT2D eigenvalue weighted by Gasteiger charge is 2.39. The lowest BCUT2D eigenvalue weighted by Gasteiger charge is -2.40. The highest BCUT2D eigenvalue weighted by atomic mass is 16.5. The SMILES string of the molecule is CC1(C)CCCC(Oc2ccc3c(c2)CCC3)C1O. The molecule has 2 aliphatic rings. The van der Waals surface area contributed by atoms with Crippen molar-refractivity contribution in [3.63, 3.8) is 0 Å². The standard InChI is InChI=1S/C17H24O2/c1-17(2)10-4-7-15(16(17)18)19-14-9-8-12-5-3-6-13(12)11-14/h8-9,11,15-16,18H,3-7,10H2,1-2H3. The van der Waals surface area contributed by atoms with Crippen LogP contribution in [-0.2, 0) is 12.8 Å². The van der Waals surface area contributed by atoms with Gasteiger partial charge in [0.25, 0.3) is 0 Å². The Balaban J connectivity index is 1.74. The van der Waals surface area contributed by atoms with Crippen LogP contribution < -0.4 is 4.74 Å². The average Bonchev–Trinajstić information content (AvgIpc) is 2.82. The van der Waals surface area contributed by atoms with Gasteiger partial charge in [-0.15, -0.1) is 0 Å². The number of aryl methyl sites for hydroxylation is 2. The maximum absolute atomic E-state index is 10.4. The first-order valence-electron chi connectivity index (χ1n) is 7.53. The van der Waals surface area contributed by atoms with Crippen LogP contribution in [0.25, 0.3) is 0 Å². The first kappa shape index (κ1) is 13.0. The zero-order chi connectivity index (χ0) is 13.5. The summed E-state index contributed by atoms with van der Waals surface area (Å²) in [5.41, 5.74) is 2.87. The van der Waals surface area contributed by atoms with Gasteiger partial charge in [-0.05, 0) is 67.2 Å². The van der Waals surface area contributed by atoms with Crippen molar-refractivity contribution < 1.29 is 9.84 Å². The molecule has 0 bridgehead atoms. The lowest BCUT2D eigenvalue weighted by molar-refractivity contribution is -0.0689. The van der Waals surface area contributed by atoms with E-state index in [4.69, 9.17) is 4.74 Å². The fourth-order valence-corrected chi connectivity index (χ4v) is 3.49. The van der Waals surface area contributed by atoms with Gasteiger partial charge < -0.3 is 9.84 Å². The fourth-order valence-electron chi connectivity index (χ4n) is 3.49. The van der Waals surface area contributed by atoms with Crippen LogP contribution in [0.2, 0.25) is 0 Å². The van der Waals surface area contributed by atoms with E-state index in [1.54, 1.807) is 0 Å². The van der Waals surface area contributed by atoms with Crippen molar-refractivity contribution in [3.05, 3.63) is 29.3 Å². The van der Waals surface area contributed by atoms with Crippen LogP contribution in [0.3, 0.4) is 0 Å². The molecule has 19 heavy (non-hydrogen) atoms. The van der Waals surface area contributed by atoms with Gasteiger partial charge in [0.05, 0.1) is 6.10 Å². The molecule has 0 radical (unpaired) electrons. The number of hydrogen-bond donors (Lipinski definition) is 1. The first-order chi connectivity index (χ1) is 9.06. The van der Waals surface area contributed by atoms with Gasteiger partial charge in [-0.3, -0.25) is 0 Å². The molecule has 1 aromatic carbocycles. The van der Waals surface area contributed by atoms with Crippen molar-refractivity contribution in [2.45, 2.75) is 64.6 Å². The van der Waals surface area contributed by atoms with Crippen molar-refractivity contribution in [2.24, 2.45) is 5.41 Å². The highest BCUT2D eigenvalue weighted by molar-refractivity contribution is 5.38. The minimum atomic E-state index is -0.366. The average molecular weight is 260 g/mol. The number of hydrogen-bond acceptors (Lipinski definition) is 2. The molecule has 1 fully saturated rings. The molecular formula is C17H24O2. The zero-order valence-electron chi connectivity index (χ0n) is 12.0. The van der Waals surface area contributed by atoms with Crippen LogP contribution in [0.15, 0.2) is 18.2 Å². The number of rotatable bonds is 2. The molecule has 1 saturated carbocycles. The molecule has 0 aliphatic heterocycles. The third kappa shape index (κ3) is 2.51. The topological polar surface area (TPSA) is 29.5 Å². The van der Waals surface area contributed by atoms with Gasteiger partial charge in [0.15, 0.2) is 0 Å². The van der Waals surface area contributed by atoms with Crippen LogP contribution in [-0.4, -0.2) is 17.3 Å². The summed E-state index contributed by atoms with van der Waals surface area (Å²) < 4.78 is 6.08. The predicted molar refractivity (Wildman–Crippen MR) is 76.5 cm³/mol.